The molecule has 200 valence electrons. The summed E-state index contributed by atoms with van der Waals surface area (Å²) < 4.78 is 95.6. The molecule has 0 atom stereocenters. The molecule has 1 saturated carbocycles. The van der Waals surface area contributed by atoms with Gasteiger partial charge in [-0.3, -0.25) is 4.79 Å². The Hall–Kier alpha value is -3.32. The second-order valence-corrected chi connectivity index (χ2v) is 10.0. The molecule has 0 saturated heterocycles. The Kier molecular flexibility index (Phi) is 6.68. The maximum Gasteiger partial charge on any atom is 0.435 e. The number of aromatic nitrogens is 1. The zero-order valence-corrected chi connectivity index (χ0v) is 20.8. The van der Waals surface area contributed by atoms with Crippen LogP contribution in [0.25, 0.3) is 16.8 Å². The minimum absolute atomic E-state index is 0.00381. The summed E-state index contributed by atoms with van der Waals surface area (Å²) >= 11 is 6.23. The highest BCUT2D eigenvalue weighted by Crippen LogP contribution is 2.54. The SMILES string of the molecule is Cc1cc(C(F)(C(F)(F)F)C(F)(F)F)cc(C)c1-n1ccc(-c2ccc(Cl)c(C(=O)CC3(C#N)CC3)c2)c1. The van der Waals surface area contributed by atoms with Crippen molar-refractivity contribution in [3.63, 3.8) is 0 Å². The van der Waals surface area contributed by atoms with Gasteiger partial charge in [-0.1, -0.05) is 29.8 Å². The van der Waals surface area contributed by atoms with Crippen molar-refractivity contribution in [3.8, 4) is 22.9 Å². The monoisotopic (exact) mass is 556 g/mol. The van der Waals surface area contributed by atoms with Crippen molar-refractivity contribution in [2.45, 2.75) is 51.1 Å². The zero-order chi connectivity index (χ0) is 28.3. The van der Waals surface area contributed by atoms with Gasteiger partial charge in [0.15, 0.2) is 5.78 Å². The Morgan fingerprint density at radius 3 is 2.05 bits per heavy atom. The molecule has 3 aromatic rings. The Labute approximate surface area is 218 Å². The number of benzene rings is 2. The summed E-state index contributed by atoms with van der Waals surface area (Å²) in [7, 11) is 0. The molecular weight excluding hydrogens is 537 g/mol. The molecule has 2 aromatic carbocycles. The number of alkyl halides is 7. The van der Waals surface area contributed by atoms with E-state index in [1.165, 1.54) is 24.5 Å². The number of rotatable bonds is 6. The van der Waals surface area contributed by atoms with Gasteiger partial charge in [0.1, 0.15) is 0 Å². The summed E-state index contributed by atoms with van der Waals surface area (Å²) in [5, 5.41) is 9.50. The van der Waals surface area contributed by atoms with Crippen LogP contribution in [-0.2, 0) is 5.67 Å². The molecule has 0 unspecified atom stereocenters. The molecule has 0 bridgehead atoms. The molecule has 1 fully saturated rings. The number of hydrogen-bond acceptors (Lipinski definition) is 2. The number of ketones is 1. The number of nitrogens with zero attached hydrogens (tertiary/aromatic N) is 2. The van der Waals surface area contributed by atoms with Crippen LogP contribution in [0.4, 0.5) is 30.7 Å². The van der Waals surface area contributed by atoms with E-state index in [1.54, 1.807) is 30.6 Å². The Morgan fingerprint density at radius 1 is 0.974 bits per heavy atom. The third-order valence-corrected chi connectivity index (χ3v) is 7.14. The van der Waals surface area contributed by atoms with Gasteiger partial charge in [-0.2, -0.15) is 31.6 Å². The summed E-state index contributed by atoms with van der Waals surface area (Å²) in [5.74, 6) is -0.276. The zero-order valence-electron chi connectivity index (χ0n) is 20.1. The maximum atomic E-state index is 14.6. The fourth-order valence-electron chi connectivity index (χ4n) is 4.56. The van der Waals surface area contributed by atoms with E-state index in [9.17, 15) is 40.8 Å². The Bertz CT molecular complexity index is 1420. The molecule has 1 heterocycles. The van der Waals surface area contributed by atoms with Crippen LogP contribution in [0.1, 0.15) is 46.3 Å². The molecule has 0 radical (unpaired) electrons. The van der Waals surface area contributed by atoms with Crippen LogP contribution in [0.5, 0.6) is 0 Å². The highest BCUT2D eigenvalue weighted by Gasteiger charge is 2.73. The number of carbonyl (C=O) groups excluding carboxylic acids is 1. The first-order chi connectivity index (χ1) is 17.5. The summed E-state index contributed by atoms with van der Waals surface area (Å²) in [6.45, 7) is 2.58. The number of halogens is 8. The van der Waals surface area contributed by atoms with E-state index in [2.05, 4.69) is 6.07 Å². The quantitative estimate of drug-likeness (QED) is 0.225. The standard InChI is InChI=1S/C27H20ClF7N2O/c1-15-9-19(25(29,26(30,31)32)27(33,34)35)10-16(2)23(15)37-8-5-18(13-37)17-3-4-21(28)20(11-17)22(38)12-24(14-36)6-7-24/h3-5,8-11,13H,6-7,12H2,1-2H3. The van der Waals surface area contributed by atoms with E-state index in [0.29, 0.717) is 36.1 Å². The first-order valence-electron chi connectivity index (χ1n) is 11.4. The van der Waals surface area contributed by atoms with Crippen molar-refractivity contribution < 1.29 is 35.5 Å². The lowest BCUT2D eigenvalue weighted by atomic mass is 9.90. The van der Waals surface area contributed by atoms with Gasteiger partial charge in [-0.25, -0.2) is 4.39 Å². The summed E-state index contributed by atoms with van der Waals surface area (Å²) in [6.07, 6.45) is -7.95. The van der Waals surface area contributed by atoms with Crippen molar-refractivity contribution in [3.05, 3.63) is 76.1 Å². The second kappa shape index (κ2) is 9.16. The van der Waals surface area contributed by atoms with E-state index >= 15 is 0 Å². The molecule has 38 heavy (non-hydrogen) atoms. The minimum Gasteiger partial charge on any atom is -0.323 e. The molecule has 4 rings (SSSR count). The first kappa shape index (κ1) is 27.7. The highest BCUT2D eigenvalue weighted by atomic mass is 35.5. The van der Waals surface area contributed by atoms with Crippen LogP contribution in [0.3, 0.4) is 0 Å². The van der Waals surface area contributed by atoms with E-state index < -0.39 is 29.0 Å². The van der Waals surface area contributed by atoms with Crippen molar-refractivity contribution in [1.82, 2.24) is 4.57 Å². The molecule has 0 amide bonds. The molecule has 0 N–H and O–H groups in total. The van der Waals surface area contributed by atoms with Crippen molar-refractivity contribution >= 4 is 17.4 Å². The van der Waals surface area contributed by atoms with Crippen LogP contribution in [0, 0.1) is 30.6 Å². The molecule has 0 spiro atoms. The Balaban J connectivity index is 1.70. The van der Waals surface area contributed by atoms with Crippen LogP contribution in [0.2, 0.25) is 5.02 Å². The van der Waals surface area contributed by atoms with E-state index in [0.717, 1.165) is 0 Å². The smallest absolute Gasteiger partial charge is 0.323 e. The van der Waals surface area contributed by atoms with Crippen LogP contribution in [-0.4, -0.2) is 22.7 Å². The topological polar surface area (TPSA) is 45.8 Å². The first-order valence-corrected chi connectivity index (χ1v) is 11.8. The molecule has 1 aromatic heterocycles. The molecular formula is C27H20ClF7N2O. The predicted octanol–water partition coefficient (Wildman–Crippen LogP) is 8.58. The van der Waals surface area contributed by atoms with Gasteiger partial charge < -0.3 is 4.57 Å². The molecule has 0 aliphatic heterocycles. The van der Waals surface area contributed by atoms with Gasteiger partial charge in [-0.15, -0.1) is 0 Å². The average molecular weight is 557 g/mol. The number of nitriles is 1. The third kappa shape index (κ3) is 4.68. The van der Waals surface area contributed by atoms with Crippen molar-refractivity contribution in [2.24, 2.45) is 5.41 Å². The molecule has 1 aliphatic rings. The second-order valence-electron chi connectivity index (χ2n) is 9.61. The largest absolute Gasteiger partial charge is 0.435 e. The van der Waals surface area contributed by atoms with Gasteiger partial charge >= 0.3 is 18.0 Å². The van der Waals surface area contributed by atoms with Gasteiger partial charge in [0, 0.05) is 29.9 Å². The summed E-state index contributed by atoms with van der Waals surface area (Å²) in [6, 6.07) is 9.67. The number of aryl methyl sites for hydroxylation is 2. The lowest BCUT2D eigenvalue weighted by Gasteiger charge is -2.31. The number of hydrogen-bond donors (Lipinski definition) is 0. The fourth-order valence-corrected chi connectivity index (χ4v) is 4.78. The normalized spacial score (nSPS) is 15.3. The van der Waals surface area contributed by atoms with E-state index in [-0.39, 0.29) is 39.6 Å². The van der Waals surface area contributed by atoms with Gasteiger partial charge in [0.05, 0.1) is 22.2 Å². The van der Waals surface area contributed by atoms with Crippen molar-refractivity contribution in [2.75, 3.05) is 0 Å². The third-order valence-electron chi connectivity index (χ3n) is 6.81. The lowest BCUT2D eigenvalue weighted by molar-refractivity contribution is -0.348. The maximum absolute atomic E-state index is 14.6. The average Bonchev–Trinajstić information content (AvgIpc) is 3.42. The van der Waals surface area contributed by atoms with Crippen LogP contribution in [0.15, 0.2) is 48.8 Å². The minimum atomic E-state index is -6.21. The van der Waals surface area contributed by atoms with Crippen LogP contribution >= 0.6 is 11.6 Å². The van der Waals surface area contributed by atoms with E-state index in [1.807, 2.05) is 0 Å². The van der Waals surface area contributed by atoms with Crippen molar-refractivity contribution in [1.29, 1.82) is 5.26 Å². The van der Waals surface area contributed by atoms with Gasteiger partial charge in [0.25, 0.3) is 0 Å². The Morgan fingerprint density at radius 2 is 1.55 bits per heavy atom. The molecule has 11 heteroatoms. The number of Topliss-reactive ketones (excluding diaryl/α,β-unsaturated/α-hetero) is 1. The van der Waals surface area contributed by atoms with Crippen LogP contribution < -0.4 is 0 Å². The summed E-state index contributed by atoms with van der Waals surface area (Å²) in [5.41, 5.74) is -6.03. The predicted molar refractivity (Wildman–Crippen MR) is 127 cm³/mol. The van der Waals surface area contributed by atoms with Gasteiger partial charge in [0.2, 0.25) is 0 Å². The lowest BCUT2D eigenvalue weighted by Crippen LogP contribution is -2.50. The fraction of sp³-hybridized carbons (Fsp3) is 0.333. The van der Waals surface area contributed by atoms with E-state index in [4.69, 9.17) is 11.6 Å². The number of carbonyl (C=O) groups is 1. The molecule has 1 aliphatic carbocycles. The highest BCUT2D eigenvalue weighted by molar-refractivity contribution is 6.34. The summed E-state index contributed by atoms with van der Waals surface area (Å²) in [4.78, 5) is 12.8. The molecule has 3 nitrogen and oxygen atoms in total. The van der Waals surface area contributed by atoms with Gasteiger partial charge in [-0.05, 0) is 67.1 Å².